The maximum Gasteiger partial charge on any atom is 0.271 e. The Labute approximate surface area is 170 Å². The third-order valence-electron chi connectivity index (χ3n) is 4.87. The largest absolute Gasteiger partial charge is 0.317 e. The second-order valence-corrected chi connectivity index (χ2v) is 7.24. The van der Waals surface area contributed by atoms with Gasteiger partial charge in [-0.15, -0.1) is 0 Å². The van der Waals surface area contributed by atoms with Crippen molar-refractivity contribution >= 4 is 23.7 Å². The molecule has 5 heteroatoms. The van der Waals surface area contributed by atoms with Gasteiger partial charge in [-0.25, -0.2) is 5.43 Å². The Morgan fingerprint density at radius 1 is 1.14 bits per heavy atom. The van der Waals surface area contributed by atoms with Crippen molar-refractivity contribution in [3.05, 3.63) is 87.2 Å². The molecular weight excluding hydrogens is 370 g/mol. The Morgan fingerprint density at radius 2 is 1.86 bits per heavy atom. The molecule has 0 unspecified atom stereocenters. The summed E-state index contributed by atoms with van der Waals surface area (Å²) in [4.78, 5) is 12.2. The molecule has 0 aliphatic heterocycles. The molecule has 1 amide bonds. The minimum atomic E-state index is -0.270. The Balaban J connectivity index is 1.85. The van der Waals surface area contributed by atoms with Crippen molar-refractivity contribution < 1.29 is 4.79 Å². The van der Waals surface area contributed by atoms with Crippen molar-refractivity contribution in [2.75, 3.05) is 0 Å². The molecule has 4 nitrogen and oxygen atoms in total. The second-order valence-electron chi connectivity index (χ2n) is 6.80. The first kappa shape index (κ1) is 19.9. The number of carbonyl (C=O) groups excluding carboxylic acids is 1. The van der Waals surface area contributed by atoms with E-state index in [4.69, 9.17) is 11.6 Å². The van der Waals surface area contributed by atoms with Crippen LogP contribution in [-0.2, 0) is 6.42 Å². The van der Waals surface area contributed by atoms with Gasteiger partial charge in [-0.2, -0.15) is 5.10 Å². The summed E-state index contributed by atoms with van der Waals surface area (Å²) in [6, 6.07) is 15.2. The lowest BCUT2D eigenvalue weighted by atomic mass is 10.1. The van der Waals surface area contributed by atoms with Crippen molar-refractivity contribution in [1.82, 2.24) is 9.99 Å². The van der Waals surface area contributed by atoms with Crippen LogP contribution in [0.2, 0.25) is 5.02 Å². The highest BCUT2D eigenvalue weighted by Crippen LogP contribution is 2.26. The van der Waals surface area contributed by atoms with Crippen molar-refractivity contribution in [3.63, 3.8) is 0 Å². The predicted octanol–water partition coefficient (Wildman–Crippen LogP) is 5.38. The fourth-order valence-electron chi connectivity index (χ4n) is 3.41. The molecule has 0 radical (unpaired) electrons. The maximum absolute atomic E-state index is 12.2. The molecule has 0 saturated heterocycles. The minimum Gasteiger partial charge on any atom is -0.317 e. The summed E-state index contributed by atoms with van der Waals surface area (Å²) in [6.07, 6.45) is 2.66. The number of hydrogen-bond acceptors (Lipinski definition) is 2. The number of benzene rings is 2. The summed E-state index contributed by atoms with van der Waals surface area (Å²) in [5.41, 5.74) is 10.1. The molecule has 0 bridgehead atoms. The summed E-state index contributed by atoms with van der Waals surface area (Å²) in [7, 11) is 0. The summed E-state index contributed by atoms with van der Waals surface area (Å²) < 4.78 is 2.26. The Morgan fingerprint density at radius 3 is 2.54 bits per heavy atom. The van der Waals surface area contributed by atoms with Crippen LogP contribution in [0.4, 0.5) is 0 Å². The third kappa shape index (κ3) is 4.02. The maximum atomic E-state index is 12.2. The van der Waals surface area contributed by atoms with Gasteiger partial charge in [0.2, 0.25) is 0 Å². The van der Waals surface area contributed by atoms with E-state index in [0.717, 1.165) is 23.4 Å². The number of hydrogen-bond donors (Lipinski definition) is 1. The van der Waals surface area contributed by atoms with Gasteiger partial charge in [0.15, 0.2) is 0 Å². The molecule has 28 heavy (non-hydrogen) atoms. The summed E-state index contributed by atoms with van der Waals surface area (Å²) in [5, 5.41) is 4.74. The molecule has 1 heterocycles. The first-order valence-electron chi connectivity index (χ1n) is 9.29. The zero-order chi connectivity index (χ0) is 20.3. The van der Waals surface area contributed by atoms with Crippen molar-refractivity contribution in [2.45, 2.75) is 34.1 Å². The first-order valence-corrected chi connectivity index (χ1v) is 9.67. The van der Waals surface area contributed by atoms with Gasteiger partial charge in [0.05, 0.1) is 11.9 Å². The quantitative estimate of drug-likeness (QED) is 0.459. The Hall–Kier alpha value is -2.85. The van der Waals surface area contributed by atoms with E-state index in [1.165, 1.54) is 16.8 Å². The minimum absolute atomic E-state index is 0.270. The number of halogens is 1. The number of carbonyl (C=O) groups is 1. The number of amides is 1. The first-order chi connectivity index (χ1) is 13.4. The number of hydrazone groups is 1. The molecule has 3 rings (SSSR count). The summed E-state index contributed by atoms with van der Waals surface area (Å²) in [5.74, 6) is -0.270. The average Bonchev–Trinajstić information content (AvgIpc) is 2.95. The second kappa shape index (κ2) is 8.44. The number of nitrogens with one attached hydrogen (secondary N) is 1. The molecule has 1 aromatic heterocycles. The van der Waals surface area contributed by atoms with Gasteiger partial charge in [-0.05, 0) is 68.7 Å². The smallest absolute Gasteiger partial charge is 0.271 e. The van der Waals surface area contributed by atoms with Gasteiger partial charge in [0.25, 0.3) is 5.91 Å². The molecule has 3 aromatic rings. The van der Waals surface area contributed by atoms with Crippen LogP contribution >= 0.6 is 11.6 Å². The molecule has 1 N–H and O–H groups in total. The zero-order valence-electron chi connectivity index (χ0n) is 16.6. The van der Waals surface area contributed by atoms with Gasteiger partial charge in [-0.3, -0.25) is 4.79 Å². The lowest BCUT2D eigenvalue weighted by molar-refractivity contribution is 0.0955. The molecule has 0 fully saturated rings. The summed E-state index contributed by atoms with van der Waals surface area (Å²) >= 11 is 5.85. The number of para-hydroxylation sites is 1. The Bertz CT molecular complexity index is 1030. The van der Waals surface area contributed by atoms with Gasteiger partial charge >= 0.3 is 0 Å². The van der Waals surface area contributed by atoms with Gasteiger partial charge < -0.3 is 4.57 Å². The van der Waals surface area contributed by atoms with Crippen molar-refractivity contribution in [2.24, 2.45) is 5.10 Å². The molecule has 0 aliphatic carbocycles. The van der Waals surface area contributed by atoms with Crippen LogP contribution in [0.3, 0.4) is 0 Å². The number of rotatable bonds is 5. The van der Waals surface area contributed by atoms with E-state index in [-0.39, 0.29) is 5.91 Å². The molecule has 0 atom stereocenters. The zero-order valence-corrected chi connectivity index (χ0v) is 17.3. The number of nitrogens with zero attached hydrogens (tertiary/aromatic N) is 2. The molecule has 0 aliphatic rings. The summed E-state index contributed by atoms with van der Waals surface area (Å²) in [6.45, 7) is 8.46. The van der Waals surface area contributed by atoms with Crippen molar-refractivity contribution in [3.8, 4) is 5.69 Å². The van der Waals surface area contributed by atoms with Crippen LogP contribution in [0.5, 0.6) is 0 Å². The van der Waals surface area contributed by atoms with E-state index in [2.05, 4.69) is 67.1 Å². The average molecular weight is 394 g/mol. The molecule has 2 aromatic carbocycles. The fourth-order valence-corrected chi connectivity index (χ4v) is 3.54. The standard InChI is InChI=1S/C23H24ClN3O/c1-5-18-8-6-7-15(2)22(18)27-16(3)13-20(17(27)4)14-25-26-23(28)19-9-11-21(24)12-10-19/h6-14H,5H2,1-4H3,(H,26,28)/b25-14-. The molecule has 0 saturated carbocycles. The highest BCUT2D eigenvalue weighted by Gasteiger charge is 2.14. The van der Waals surface area contributed by atoms with E-state index in [1.54, 1.807) is 30.5 Å². The van der Waals surface area contributed by atoms with Crippen LogP contribution in [0.15, 0.2) is 53.6 Å². The Kier molecular flexibility index (Phi) is 6.00. The molecule has 0 spiro atoms. The highest BCUT2D eigenvalue weighted by molar-refractivity contribution is 6.30. The van der Waals surface area contributed by atoms with Crippen molar-refractivity contribution in [1.29, 1.82) is 0 Å². The lowest BCUT2D eigenvalue weighted by Gasteiger charge is -2.17. The van der Waals surface area contributed by atoms with Crippen LogP contribution in [-0.4, -0.2) is 16.7 Å². The molecular formula is C23H24ClN3O. The molecule has 144 valence electrons. The number of aromatic nitrogens is 1. The van der Waals surface area contributed by atoms with Crippen LogP contribution in [0, 0.1) is 20.8 Å². The topological polar surface area (TPSA) is 46.4 Å². The van der Waals surface area contributed by atoms with Gasteiger partial charge in [0.1, 0.15) is 0 Å². The van der Waals surface area contributed by atoms with E-state index >= 15 is 0 Å². The van der Waals surface area contributed by atoms with Crippen LogP contribution in [0.1, 0.15) is 45.4 Å². The van der Waals surface area contributed by atoms with E-state index < -0.39 is 0 Å². The van der Waals surface area contributed by atoms with Gasteiger partial charge in [0, 0.05) is 27.5 Å². The third-order valence-corrected chi connectivity index (χ3v) is 5.12. The highest BCUT2D eigenvalue weighted by atomic mass is 35.5. The normalized spacial score (nSPS) is 11.2. The fraction of sp³-hybridized carbons (Fsp3) is 0.217. The van der Waals surface area contributed by atoms with E-state index in [0.29, 0.717) is 10.6 Å². The van der Waals surface area contributed by atoms with E-state index in [1.807, 2.05) is 0 Å². The predicted molar refractivity (Wildman–Crippen MR) is 116 cm³/mol. The van der Waals surface area contributed by atoms with Crippen LogP contribution < -0.4 is 5.43 Å². The number of aryl methyl sites for hydroxylation is 3. The van der Waals surface area contributed by atoms with E-state index in [9.17, 15) is 4.79 Å². The monoisotopic (exact) mass is 393 g/mol. The SMILES string of the molecule is CCc1cccc(C)c1-n1c(C)cc(/C=N\NC(=O)c2ccc(Cl)cc2)c1C. The lowest BCUT2D eigenvalue weighted by Crippen LogP contribution is -2.17. The van der Waals surface area contributed by atoms with Crippen LogP contribution in [0.25, 0.3) is 5.69 Å². The van der Waals surface area contributed by atoms with Gasteiger partial charge in [-0.1, -0.05) is 36.7 Å².